The Balaban J connectivity index is 1.31. The molecule has 0 saturated heterocycles. The van der Waals surface area contributed by atoms with Crippen LogP contribution in [0.1, 0.15) is 10.6 Å². The number of benzene rings is 2. The second-order valence-electron chi connectivity index (χ2n) is 6.28. The topological polar surface area (TPSA) is 98.4 Å². The summed E-state index contributed by atoms with van der Waals surface area (Å²) in [5.41, 5.74) is 1.42. The van der Waals surface area contributed by atoms with Crippen LogP contribution in [0.25, 0.3) is 5.69 Å². The van der Waals surface area contributed by atoms with E-state index in [0.29, 0.717) is 17.3 Å². The fourth-order valence-electron chi connectivity index (χ4n) is 2.71. The Morgan fingerprint density at radius 3 is 2.63 bits per heavy atom. The van der Waals surface area contributed by atoms with Gasteiger partial charge in [-0.05, 0) is 36.4 Å². The van der Waals surface area contributed by atoms with Gasteiger partial charge in [-0.15, -0.1) is 0 Å². The lowest BCUT2D eigenvalue weighted by atomic mass is 10.3. The minimum atomic E-state index is -0.371. The number of ether oxygens (including phenoxy) is 1. The molecule has 30 heavy (non-hydrogen) atoms. The third kappa shape index (κ3) is 4.74. The standard InChI is InChI=1S/C22H18N4O4/c27-21(24-20-11-12-26(25-20)17-7-2-1-3-8-17)15-30-18-9-4-6-16(14-18)23-22(28)19-10-5-13-29-19/h1-14H,15H2,(H,23,28)(H,24,25,27). The fourth-order valence-corrected chi connectivity index (χ4v) is 2.71. The van der Waals surface area contributed by atoms with Gasteiger partial charge >= 0.3 is 0 Å². The third-order valence-corrected chi connectivity index (χ3v) is 4.08. The number of carbonyl (C=O) groups excluding carboxylic acids is 2. The summed E-state index contributed by atoms with van der Waals surface area (Å²) in [5, 5.41) is 9.71. The first-order chi connectivity index (χ1) is 14.7. The van der Waals surface area contributed by atoms with Crippen LogP contribution in [0, 0.1) is 0 Å². The van der Waals surface area contributed by atoms with E-state index in [9.17, 15) is 9.59 Å². The van der Waals surface area contributed by atoms with Gasteiger partial charge in [0.2, 0.25) is 0 Å². The van der Waals surface area contributed by atoms with Gasteiger partial charge in [0.05, 0.1) is 12.0 Å². The molecule has 0 atom stereocenters. The number of amides is 2. The first-order valence-electron chi connectivity index (χ1n) is 9.16. The third-order valence-electron chi connectivity index (χ3n) is 4.08. The van der Waals surface area contributed by atoms with Crippen molar-refractivity contribution in [3.05, 3.63) is 91.0 Å². The van der Waals surface area contributed by atoms with Crippen molar-refractivity contribution in [3.8, 4) is 11.4 Å². The molecule has 2 amide bonds. The molecule has 8 nitrogen and oxygen atoms in total. The summed E-state index contributed by atoms with van der Waals surface area (Å²) in [6.45, 7) is -0.201. The van der Waals surface area contributed by atoms with Gasteiger partial charge in [-0.2, -0.15) is 5.10 Å². The van der Waals surface area contributed by atoms with E-state index < -0.39 is 0 Å². The Morgan fingerprint density at radius 2 is 1.83 bits per heavy atom. The van der Waals surface area contributed by atoms with Crippen LogP contribution in [0.5, 0.6) is 5.75 Å². The van der Waals surface area contributed by atoms with Crippen molar-refractivity contribution >= 4 is 23.3 Å². The number of furan rings is 1. The van der Waals surface area contributed by atoms with E-state index in [-0.39, 0.29) is 24.2 Å². The average molecular weight is 402 g/mol. The lowest BCUT2D eigenvalue weighted by Gasteiger charge is -2.08. The number of nitrogens with one attached hydrogen (secondary N) is 2. The summed E-state index contributed by atoms with van der Waals surface area (Å²) in [6, 6.07) is 21.2. The number of aromatic nitrogens is 2. The average Bonchev–Trinajstić information content (AvgIpc) is 3.46. The number of rotatable bonds is 7. The Hall–Kier alpha value is -4.33. The molecular formula is C22H18N4O4. The van der Waals surface area contributed by atoms with E-state index in [4.69, 9.17) is 9.15 Å². The van der Waals surface area contributed by atoms with Crippen LogP contribution >= 0.6 is 0 Å². The first kappa shape index (κ1) is 19.0. The van der Waals surface area contributed by atoms with Crippen LogP contribution in [-0.2, 0) is 4.79 Å². The first-order valence-corrected chi connectivity index (χ1v) is 9.16. The van der Waals surface area contributed by atoms with Gasteiger partial charge in [0.25, 0.3) is 11.8 Å². The molecule has 150 valence electrons. The molecule has 4 aromatic rings. The van der Waals surface area contributed by atoms with Crippen LogP contribution < -0.4 is 15.4 Å². The Morgan fingerprint density at radius 1 is 0.967 bits per heavy atom. The van der Waals surface area contributed by atoms with Crippen molar-refractivity contribution in [1.82, 2.24) is 9.78 Å². The van der Waals surface area contributed by atoms with Gasteiger partial charge in [0.15, 0.2) is 18.2 Å². The number of nitrogens with zero attached hydrogens (tertiary/aromatic N) is 2. The van der Waals surface area contributed by atoms with Gasteiger partial charge in [-0.1, -0.05) is 24.3 Å². The van der Waals surface area contributed by atoms with E-state index in [1.54, 1.807) is 53.3 Å². The lowest BCUT2D eigenvalue weighted by Crippen LogP contribution is -2.20. The van der Waals surface area contributed by atoms with E-state index in [0.717, 1.165) is 5.69 Å². The quantitative estimate of drug-likeness (QED) is 0.491. The Labute approximate surface area is 172 Å². The molecule has 4 rings (SSSR count). The van der Waals surface area contributed by atoms with Crippen molar-refractivity contribution in [2.75, 3.05) is 17.2 Å². The van der Waals surface area contributed by atoms with Crippen LogP contribution in [0.2, 0.25) is 0 Å². The SMILES string of the molecule is O=C(COc1cccc(NC(=O)c2ccco2)c1)Nc1ccn(-c2ccccc2)n1. The lowest BCUT2D eigenvalue weighted by molar-refractivity contribution is -0.118. The number of hydrogen-bond acceptors (Lipinski definition) is 5. The molecule has 0 bridgehead atoms. The maximum absolute atomic E-state index is 12.2. The van der Waals surface area contributed by atoms with Crippen molar-refractivity contribution < 1.29 is 18.7 Å². The van der Waals surface area contributed by atoms with E-state index in [1.807, 2.05) is 30.3 Å². The fraction of sp³-hybridized carbons (Fsp3) is 0.0455. The summed E-state index contributed by atoms with van der Waals surface area (Å²) in [6.07, 6.45) is 3.19. The number of hydrogen-bond donors (Lipinski definition) is 2. The zero-order valence-electron chi connectivity index (χ0n) is 15.8. The van der Waals surface area contributed by atoms with Gasteiger partial charge in [-0.25, -0.2) is 4.68 Å². The Kier molecular flexibility index (Phi) is 5.56. The zero-order valence-corrected chi connectivity index (χ0v) is 15.8. The normalized spacial score (nSPS) is 10.4. The minimum absolute atomic E-state index is 0.201. The smallest absolute Gasteiger partial charge is 0.291 e. The van der Waals surface area contributed by atoms with Gasteiger partial charge in [0.1, 0.15) is 5.75 Å². The molecule has 0 aliphatic rings. The molecule has 0 fully saturated rings. The monoisotopic (exact) mass is 402 g/mol. The zero-order chi connectivity index (χ0) is 20.8. The second kappa shape index (κ2) is 8.78. The second-order valence-corrected chi connectivity index (χ2v) is 6.28. The highest BCUT2D eigenvalue weighted by Crippen LogP contribution is 2.18. The van der Waals surface area contributed by atoms with E-state index in [1.165, 1.54) is 6.26 Å². The molecule has 0 unspecified atom stereocenters. The molecule has 0 radical (unpaired) electrons. The van der Waals surface area contributed by atoms with Crippen molar-refractivity contribution in [3.63, 3.8) is 0 Å². The number of carbonyl (C=O) groups is 2. The molecule has 2 heterocycles. The van der Waals surface area contributed by atoms with Crippen molar-refractivity contribution in [2.45, 2.75) is 0 Å². The highest BCUT2D eigenvalue weighted by molar-refractivity contribution is 6.02. The summed E-state index contributed by atoms with van der Waals surface area (Å²) in [7, 11) is 0. The molecule has 0 spiro atoms. The van der Waals surface area contributed by atoms with Crippen LogP contribution in [-0.4, -0.2) is 28.2 Å². The van der Waals surface area contributed by atoms with E-state index >= 15 is 0 Å². The van der Waals surface area contributed by atoms with E-state index in [2.05, 4.69) is 15.7 Å². The Bertz CT molecular complexity index is 1140. The largest absolute Gasteiger partial charge is 0.484 e. The predicted octanol–water partition coefficient (Wildman–Crippen LogP) is 3.74. The maximum atomic E-state index is 12.2. The maximum Gasteiger partial charge on any atom is 0.291 e. The van der Waals surface area contributed by atoms with Gasteiger partial charge < -0.3 is 19.8 Å². The highest BCUT2D eigenvalue weighted by Gasteiger charge is 2.10. The van der Waals surface area contributed by atoms with Crippen molar-refractivity contribution in [2.24, 2.45) is 0 Å². The molecule has 2 aromatic carbocycles. The van der Waals surface area contributed by atoms with Crippen molar-refractivity contribution in [1.29, 1.82) is 0 Å². The molecule has 2 N–H and O–H groups in total. The molecule has 8 heteroatoms. The summed E-state index contributed by atoms with van der Waals surface area (Å²) >= 11 is 0. The molecule has 0 aliphatic heterocycles. The number of para-hydroxylation sites is 1. The summed E-state index contributed by atoms with van der Waals surface area (Å²) < 4.78 is 12.3. The minimum Gasteiger partial charge on any atom is -0.484 e. The molecule has 0 saturated carbocycles. The van der Waals surface area contributed by atoms with Gasteiger partial charge in [0, 0.05) is 24.0 Å². The van der Waals surface area contributed by atoms with Crippen LogP contribution in [0.15, 0.2) is 89.7 Å². The summed E-state index contributed by atoms with van der Waals surface area (Å²) in [5.74, 6) is 0.349. The molecular weight excluding hydrogens is 384 g/mol. The van der Waals surface area contributed by atoms with Crippen LogP contribution in [0.3, 0.4) is 0 Å². The van der Waals surface area contributed by atoms with Gasteiger partial charge in [-0.3, -0.25) is 9.59 Å². The molecule has 0 aliphatic carbocycles. The van der Waals surface area contributed by atoms with Crippen LogP contribution in [0.4, 0.5) is 11.5 Å². The summed E-state index contributed by atoms with van der Waals surface area (Å²) in [4.78, 5) is 24.2. The number of anilines is 2. The predicted molar refractivity (Wildman–Crippen MR) is 111 cm³/mol. The highest BCUT2D eigenvalue weighted by atomic mass is 16.5. The molecule has 2 aromatic heterocycles.